The molecule has 0 nitrogen and oxygen atoms in total. The molecule has 0 aliphatic heterocycles. The Hall–Kier alpha value is 0.596. The summed E-state index contributed by atoms with van der Waals surface area (Å²) in [4.78, 5) is 0. The molecule has 0 N–H and O–H groups in total. The van der Waals surface area contributed by atoms with E-state index >= 15 is 0 Å². The molecule has 1 heteroatoms. The minimum atomic E-state index is 0.829. The van der Waals surface area contributed by atoms with Crippen molar-refractivity contribution in [3.05, 3.63) is 35.6 Å². The van der Waals surface area contributed by atoms with Gasteiger partial charge in [0.15, 0.2) is 0 Å². The van der Waals surface area contributed by atoms with Crippen LogP contribution >= 0.6 is 0 Å². The van der Waals surface area contributed by atoms with E-state index in [9.17, 15) is 0 Å². The summed E-state index contributed by atoms with van der Waals surface area (Å²) in [6.07, 6.45) is 2.20. The van der Waals surface area contributed by atoms with Crippen LogP contribution < -0.4 is 0 Å². The van der Waals surface area contributed by atoms with Gasteiger partial charge in [-0.15, -0.1) is 0 Å². The van der Waals surface area contributed by atoms with Crippen molar-refractivity contribution < 1.29 is 0 Å². The van der Waals surface area contributed by atoms with E-state index in [2.05, 4.69) is 37.4 Å². The molecule has 1 rings (SSSR count). The van der Waals surface area contributed by atoms with Gasteiger partial charge in [-0.3, -0.25) is 0 Å². The van der Waals surface area contributed by atoms with Gasteiger partial charge in [0.25, 0.3) is 0 Å². The van der Waals surface area contributed by atoms with E-state index in [-0.39, 0.29) is 0 Å². The third-order valence-electron chi connectivity index (χ3n) is 1.53. The second-order valence-electron chi connectivity index (χ2n) is 2.36. The fourth-order valence-electron chi connectivity index (χ4n) is 0.953. The molecule has 0 spiro atoms. The van der Waals surface area contributed by atoms with Gasteiger partial charge in [0.2, 0.25) is 0 Å². The Kier molecular flexibility index (Phi) is 3.88. The zero-order valence-corrected chi connectivity index (χ0v) is 9.59. The van der Waals surface area contributed by atoms with Crippen LogP contribution in [0.4, 0.5) is 0 Å². The number of aryl methyl sites for hydroxylation is 1. The van der Waals surface area contributed by atoms with Gasteiger partial charge in [-0.2, -0.15) is 0 Å². The molecule has 0 amide bonds. The van der Waals surface area contributed by atoms with E-state index in [0.717, 1.165) is 49.0 Å². The molecule has 0 aliphatic rings. The Morgan fingerprint density at radius 2 is 2.00 bits per heavy atom. The van der Waals surface area contributed by atoms with Gasteiger partial charge in [0.1, 0.15) is 0 Å². The van der Waals surface area contributed by atoms with Crippen LogP contribution in [-0.2, 0) is 0 Å². The first-order valence-electron chi connectivity index (χ1n) is 3.53. The standard InChI is InChI=1S/C9H9.K/c1-3-9-7-5-4-6-8(9)2;/h1,3-7H,2H3;. The van der Waals surface area contributed by atoms with Crippen molar-refractivity contribution in [1.82, 2.24) is 0 Å². The summed E-state index contributed by atoms with van der Waals surface area (Å²) in [5.74, 6) is 0. The molecule has 0 aromatic heterocycles. The molecule has 0 aliphatic carbocycles. The summed E-state index contributed by atoms with van der Waals surface area (Å²) in [7, 11) is 0. The number of rotatable bonds is 1. The predicted octanol–water partition coefficient (Wildman–Crippen LogP) is 2.13. The SMILES string of the molecule is Cc1ccccc1/C=[CH]/[K]. The van der Waals surface area contributed by atoms with Gasteiger partial charge in [-0.25, -0.2) is 0 Å². The van der Waals surface area contributed by atoms with Crippen molar-refractivity contribution in [3.63, 3.8) is 0 Å². The van der Waals surface area contributed by atoms with Gasteiger partial charge < -0.3 is 0 Å². The fraction of sp³-hybridized carbons (Fsp3) is 0.111. The summed E-state index contributed by atoms with van der Waals surface area (Å²) < 4.78 is 2.25. The molecular weight excluding hydrogens is 147 g/mol. The second kappa shape index (κ2) is 4.47. The summed E-state index contributed by atoms with van der Waals surface area (Å²) in [6.45, 7) is 2.14. The van der Waals surface area contributed by atoms with E-state index in [1.807, 2.05) is 0 Å². The number of hydrogen-bond acceptors (Lipinski definition) is 0. The molecule has 0 radical (unpaired) electrons. The molecule has 10 heavy (non-hydrogen) atoms. The van der Waals surface area contributed by atoms with Crippen molar-refractivity contribution in [2.75, 3.05) is 0 Å². The zero-order chi connectivity index (χ0) is 7.40. The van der Waals surface area contributed by atoms with Crippen LogP contribution in [0.25, 0.3) is 6.08 Å². The van der Waals surface area contributed by atoms with Crippen LogP contribution in [0.15, 0.2) is 24.4 Å². The molecule has 0 saturated heterocycles. The van der Waals surface area contributed by atoms with Crippen molar-refractivity contribution in [2.24, 2.45) is 0 Å². The van der Waals surface area contributed by atoms with Crippen molar-refractivity contribution in [2.45, 2.75) is 6.92 Å². The van der Waals surface area contributed by atoms with Crippen LogP contribution in [0.2, 0.25) is 0 Å². The summed E-state index contributed by atoms with van der Waals surface area (Å²) in [5, 5.41) is 0. The predicted molar refractivity (Wildman–Crippen MR) is 46.0 cm³/mol. The third kappa shape index (κ3) is 2.33. The van der Waals surface area contributed by atoms with Crippen molar-refractivity contribution >= 4 is 55.0 Å². The van der Waals surface area contributed by atoms with Crippen LogP contribution in [-0.4, -0.2) is 49.0 Å². The Labute approximate surface area is 95.9 Å². The number of benzene rings is 1. The fourth-order valence-corrected chi connectivity index (χ4v) is 1.51. The molecule has 46 valence electrons. The van der Waals surface area contributed by atoms with E-state index in [4.69, 9.17) is 0 Å². The topological polar surface area (TPSA) is 0 Å². The van der Waals surface area contributed by atoms with Crippen LogP contribution in [0.3, 0.4) is 0 Å². The molecule has 1 aromatic rings. The Morgan fingerprint density at radius 3 is 2.60 bits per heavy atom. The summed E-state index contributed by atoms with van der Waals surface area (Å²) in [6, 6.07) is 8.44. The van der Waals surface area contributed by atoms with Gasteiger partial charge in [0, 0.05) is 0 Å². The second-order valence-corrected chi connectivity index (χ2v) is 3.40. The molecule has 0 unspecified atom stereocenters. The maximum absolute atomic E-state index is 2.25. The monoisotopic (exact) mass is 156 g/mol. The van der Waals surface area contributed by atoms with Crippen molar-refractivity contribution in [1.29, 1.82) is 0 Å². The summed E-state index contributed by atoms with van der Waals surface area (Å²) in [5.41, 5.74) is 2.72. The average Bonchev–Trinajstić information content (AvgIpc) is 1.94. The van der Waals surface area contributed by atoms with E-state index in [1.165, 1.54) is 11.1 Å². The van der Waals surface area contributed by atoms with E-state index in [1.54, 1.807) is 0 Å². The van der Waals surface area contributed by atoms with Gasteiger partial charge in [-0.05, 0) is 0 Å². The quantitative estimate of drug-likeness (QED) is 0.546. The van der Waals surface area contributed by atoms with Crippen molar-refractivity contribution in [3.8, 4) is 0 Å². The van der Waals surface area contributed by atoms with E-state index in [0.29, 0.717) is 0 Å². The first-order chi connectivity index (χ1) is 4.84. The molecule has 0 fully saturated rings. The van der Waals surface area contributed by atoms with Gasteiger partial charge >= 0.3 is 97.5 Å². The normalized spacial score (nSPS) is 10.7. The van der Waals surface area contributed by atoms with E-state index < -0.39 is 0 Å². The Balaban J connectivity index is 3.03. The first kappa shape index (κ1) is 8.69. The Bertz CT molecular complexity index is 238. The van der Waals surface area contributed by atoms with Crippen LogP contribution in [0.1, 0.15) is 11.1 Å². The van der Waals surface area contributed by atoms with Crippen LogP contribution in [0, 0.1) is 6.92 Å². The number of hydrogen-bond donors (Lipinski definition) is 0. The molecule has 0 bridgehead atoms. The molecule has 1 aromatic carbocycles. The Morgan fingerprint density at radius 1 is 1.30 bits per heavy atom. The third-order valence-corrected chi connectivity index (χ3v) is 2.06. The van der Waals surface area contributed by atoms with Gasteiger partial charge in [0.05, 0.1) is 0 Å². The molecule has 0 atom stereocenters. The maximum atomic E-state index is 2.25. The average molecular weight is 156 g/mol. The molecule has 0 heterocycles. The molecular formula is C9H9K. The minimum absolute atomic E-state index is 0.829. The van der Waals surface area contributed by atoms with Gasteiger partial charge in [-0.1, -0.05) is 0 Å². The summed E-state index contributed by atoms with van der Waals surface area (Å²) >= 11 is 0.829. The first-order valence-corrected chi connectivity index (χ1v) is 5.33. The zero-order valence-electron chi connectivity index (χ0n) is 6.46. The van der Waals surface area contributed by atoms with Crippen LogP contribution in [0.5, 0.6) is 0 Å². The molecule has 0 saturated carbocycles.